The summed E-state index contributed by atoms with van der Waals surface area (Å²) in [5.74, 6) is -1.26. The Bertz CT molecular complexity index is 1790. The summed E-state index contributed by atoms with van der Waals surface area (Å²) in [5, 5.41) is 8.05. The van der Waals surface area contributed by atoms with Crippen LogP contribution in [0.2, 0.25) is 0 Å². The molecule has 0 saturated carbocycles. The van der Waals surface area contributed by atoms with E-state index in [4.69, 9.17) is 4.74 Å². The van der Waals surface area contributed by atoms with Gasteiger partial charge in [0.25, 0.3) is 0 Å². The fraction of sp³-hybridized carbons (Fsp3) is 0.216. The van der Waals surface area contributed by atoms with Gasteiger partial charge in [0.1, 0.15) is 11.4 Å². The van der Waals surface area contributed by atoms with Crippen LogP contribution in [0.1, 0.15) is 28.4 Å². The van der Waals surface area contributed by atoms with E-state index < -0.39 is 34.4 Å². The number of nitrogens with one attached hydrogen (secondary N) is 1. The summed E-state index contributed by atoms with van der Waals surface area (Å²) in [6, 6.07) is 36.2. The Morgan fingerprint density at radius 1 is 0.854 bits per heavy atom. The van der Waals surface area contributed by atoms with Gasteiger partial charge in [-0.2, -0.15) is 5.10 Å². The van der Waals surface area contributed by atoms with Crippen LogP contribution in [0.3, 0.4) is 0 Å². The number of hydrogen-bond acceptors (Lipinski definition) is 7. The summed E-state index contributed by atoms with van der Waals surface area (Å²) in [6.45, 7) is 0.353. The van der Waals surface area contributed by atoms with Crippen molar-refractivity contribution in [1.29, 1.82) is 0 Å². The number of thioether (sulfide) groups is 1. The number of β-lactam (4-membered cyclic amide) rings is 1. The molecule has 3 heterocycles. The van der Waals surface area contributed by atoms with Crippen LogP contribution in [-0.2, 0) is 25.5 Å². The summed E-state index contributed by atoms with van der Waals surface area (Å²) < 4.78 is 6.35. The molecule has 3 saturated heterocycles. The highest BCUT2D eigenvalue weighted by Crippen LogP contribution is 2.51. The van der Waals surface area contributed by atoms with Crippen molar-refractivity contribution < 1.29 is 23.9 Å². The van der Waals surface area contributed by atoms with E-state index >= 15 is 0 Å². The maximum Gasteiger partial charge on any atom is 0.345 e. The van der Waals surface area contributed by atoms with E-state index in [1.54, 1.807) is 11.1 Å². The lowest BCUT2D eigenvalue weighted by atomic mass is 10.0. The molecular weight excluding hydrogens is 627 g/mol. The van der Waals surface area contributed by atoms with Crippen LogP contribution in [0.5, 0.6) is 0 Å². The number of fused-ring (bicyclic) bond motifs is 1. The first-order valence-electron chi connectivity index (χ1n) is 15.7. The van der Waals surface area contributed by atoms with Crippen LogP contribution in [-0.4, -0.2) is 80.8 Å². The van der Waals surface area contributed by atoms with Gasteiger partial charge in [0.05, 0.1) is 25.7 Å². The summed E-state index contributed by atoms with van der Waals surface area (Å²) in [4.78, 5) is 56.4. The topological polar surface area (TPSA) is 112 Å². The molecule has 3 aliphatic rings. The molecule has 10 nitrogen and oxygen atoms in total. The number of benzene rings is 4. The molecule has 3 atom stereocenters. The second-order valence-corrected chi connectivity index (χ2v) is 13.2. The lowest BCUT2D eigenvalue weighted by Gasteiger charge is -2.41. The number of carbonyl (C=O) groups excluding carboxylic acids is 4. The summed E-state index contributed by atoms with van der Waals surface area (Å²) in [7, 11) is 0. The number of hydrazone groups is 1. The molecule has 7 rings (SSSR count). The maximum absolute atomic E-state index is 14.6. The van der Waals surface area contributed by atoms with Crippen molar-refractivity contribution in [2.24, 2.45) is 5.10 Å². The predicted octanol–water partition coefficient (Wildman–Crippen LogP) is 4.43. The van der Waals surface area contributed by atoms with Crippen LogP contribution in [0, 0.1) is 0 Å². The second kappa shape index (κ2) is 13.4. The standard InChI is InChI=1S/C37H33N5O5S/c43-30(23-26-13-5-1-6-14-26)39-31-33(44)40-25-37(48-34(31)40,41-21-22-42(36(41)46)38-24-27-15-7-2-8-16-27)35(45)47-32(28-17-9-3-10-18-28)29-19-11-4-12-20-29/h1-20,24,31-32,34H,21-23,25H2,(H,39,43)/b38-24+/t31-,34-,37-/m1/s1. The van der Waals surface area contributed by atoms with E-state index in [1.807, 2.05) is 121 Å². The minimum atomic E-state index is -1.57. The van der Waals surface area contributed by atoms with Crippen LogP contribution in [0.25, 0.3) is 0 Å². The Balaban J connectivity index is 1.17. The minimum Gasteiger partial charge on any atom is -0.450 e. The highest BCUT2D eigenvalue weighted by atomic mass is 32.2. The van der Waals surface area contributed by atoms with Crippen molar-refractivity contribution in [2.45, 2.75) is 28.8 Å². The minimum absolute atomic E-state index is 0.0800. The van der Waals surface area contributed by atoms with Gasteiger partial charge in [-0.15, -0.1) is 0 Å². The number of nitrogens with zero attached hydrogens (tertiary/aromatic N) is 4. The molecule has 0 bridgehead atoms. The highest BCUT2D eigenvalue weighted by Gasteiger charge is 2.67. The predicted molar refractivity (Wildman–Crippen MR) is 182 cm³/mol. The Labute approximate surface area is 282 Å². The normalized spacial score (nSPS) is 21.8. The molecule has 4 amide bonds. The van der Waals surface area contributed by atoms with Crippen molar-refractivity contribution in [2.75, 3.05) is 19.6 Å². The van der Waals surface area contributed by atoms with E-state index in [0.717, 1.165) is 22.3 Å². The van der Waals surface area contributed by atoms with Crippen LogP contribution in [0.15, 0.2) is 126 Å². The molecule has 0 unspecified atom stereocenters. The third kappa shape index (κ3) is 6.04. The monoisotopic (exact) mass is 659 g/mol. The summed E-state index contributed by atoms with van der Waals surface area (Å²) >= 11 is 1.17. The van der Waals surface area contributed by atoms with Crippen molar-refractivity contribution in [3.63, 3.8) is 0 Å². The van der Waals surface area contributed by atoms with E-state index in [2.05, 4.69) is 10.4 Å². The summed E-state index contributed by atoms with van der Waals surface area (Å²) in [6.07, 6.45) is 0.959. The van der Waals surface area contributed by atoms with Gasteiger partial charge in [-0.25, -0.2) is 14.6 Å². The third-order valence-electron chi connectivity index (χ3n) is 8.68. The van der Waals surface area contributed by atoms with E-state index in [-0.39, 0.29) is 37.9 Å². The average molecular weight is 660 g/mol. The highest BCUT2D eigenvalue weighted by molar-refractivity contribution is 8.02. The van der Waals surface area contributed by atoms with Gasteiger partial charge in [0.2, 0.25) is 16.7 Å². The summed E-state index contributed by atoms with van der Waals surface area (Å²) in [5.41, 5.74) is 3.18. The van der Waals surface area contributed by atoms with Crippen molar-refractivity contribution in [1.82, 2.24) is 20.1 Å². The molecule has 4 aromatic rings. The van der Waals surface area contributed by atoms with Gasteiger partial charge in [0, 0.05) is 6.54 Å². The Hall–Kier alpha value is -5.42. The Kier molecular flexibility index (Phi) is 8.68. The number of ether oxygens (including phenoxy) is 1. The number of hydrogen-bond donors (Lipinski definition) is 1. The molecule has 242 valence electrons. The van der Waals surface area contributed by atoms with Crippen LogP contribution < -0.4 is 5.32 Å². The second-order valence-electron chi connectivity index (χ2n) is 11.8. The zero-order valence-corrected chi connectivity index (χ0v) is 26.7. The molecule has 1 N–H and O–H groups in total. The lowest BCUT2D eigenvalue weighted by Crippen LogP contribution is -2.67. The Morgan fingerprint density at radius 3 is 2.06 bits per heavy atom. The van der Waals surface area contributed by atoms with E-state index in [9.17, 15) is 19.2 Å². The molecule has 3 aliphatic heterocycles. The average Bonchev–Trinajstić information content (AvgIpc) is 3.69. The molecule has 4 aromatic carbocycles. The number of amides is 4. The quantitative estimate of drug-likeness (QED) is 0.153. The fourth-order valence-corrected chi connectivity index (χ4v) is 7.91. The van der Waals surface area contributed by atoms with Gasteiger partial charge < -0.3 is 15.0 Å². The van der Waals surface area contributed by atoms with Gasteiger partial charge in [-0.05, 0) is 22.3 Å². The van der Waals surface area contributed by atoms with Crippen molar-refractivity contribution >= 4 is 41.8 Å². The first kappa shape index (κ1) is 31.2. The number of carbonyl (C=O) groups is 4. The largest absolute Gasteiger partial charge is 0.450 e. The van der Waals surface area contributed by atoms with Crippen molar-refractivity contribution in [3.05, 3.63) is 144 Å². The van der Waals surface area contributed by atoms with Gasteiger partial charge >= 0.3 is 12.0 Å². The number of rotatable bonds is 10. The van der Waals surface area contributed by atoms with Gasteiger partial charge in [0.15, 0.2) is 6.10 Å². The first-order valence-corrected chi connectivity index (χ1v) is 16.6. The Morgan fingerprint density at radius 2 is 1.44 bits per heavy atom. The van der Waals surface area contributed by atoms with Gasteiger partial charge in [-0.3, -0.25) is 14.5 Å². The molecule has 0 aliphatic carbocycles. The van der Waals surface area contributed by atoms with Crippen LogP contribution >= 0.6 is 11.8 Å². The number of urea groups is 1. The molecule has 0 radical (unpaired) electrons. The smallest absolute Gasteiger partial charge is 0.345 e. The zero-order chi connectivity index (χ0) is 33.1. The maximum atomic E-state index is 14.6. The SMILES string of the molecule is O=C(Cc1ccccc1)N[C@@H]1C(=O)N2C[C@@](C(=O)OC(c3ccccc3)c3ccccc3)(N3CCN(/N=C/c4ccccc4)C3=O)S[C@H]12. The van der Waals surface area contributed by atoms with E-state index in [1.165, 1.54) is 21.7 Å². The molecule has 48 heavy (non-hydrogen) atoms. The van der Waals surface area contributed by atoms with Gasteiger partial charge in [-0.1, -0.05) is 133 Å². The molecule has 3 fully saturated rings. The molecule has 0 aromatic heterocycles. The molecule has 0 spiro atoms. The third-order valence-corrected chi connectivity index (χ3v) is 10.4. The number of esters is 1. The molecular formula is C37H33N5O5S. The van der Waals surface area contributed by atoms with Crippen molar-refractivity contribution in [3.8, 4) is 0 Å². The van der Waals surface area contributed by atoms with Crippen LogP contribution in [0.4, 0.5) is 4.79 Å². The zero-order valence-electron chi connectivity index (χ0n) is 25.9. The van der Waals surface area contributed by atoms with E-state index in [0.29, 0.717) is 0 Å². The fourth-order valence-electron chi connectivity index (χ4n) is 6.23. The first-order chi connectivity index (χ1) is 23.4. The molecule has 11 heteroatoms. The lowest BCUT2D eigenvalue weighted by molar-refractivity contribution is -0.157.